The summed E-state index contributed by atoms with van der Waals surface area (Å²) >= 11 is 0. The molecule has 0 fully saturated rings. The van der Waals surface area contributed by atoms with Crippen molar-refractivity contribution in [1.82, 2.24) is 0 Å². The monoisotopic (exact) mass is 701 g/mol. The van der Waals surface area contributed by atoms with E-state index in [0.29, 0.717) is 0 Å². The van der Waals surface area contributed by atoms with Crippen LogP contribution in [0.2, 0.25) is 0 Å². The third-order valence-electron chi connectivity index (χ3n) is 11.5. The van der Waals surface area contributed by atoms with Gasteiger partial charge < -0.3 is 9.32 Å². The Morgan fingerprint density at radius 3 is 1.65 bits per heavy atom. The molecule has 11 rings (SSSR count). The predicted molar refractivity (Wildman–Crippen MR) is 229 cm³/mol. The summed E-state index contributed by atoms with van der Waals surface area (Å²) < 4.78 is 6.76. The first-order valence-corrected chi connectivity index (χ1v) is 18.9. The number of hydrogen-bond donors (Lipinski definition) is 0. The van der Waals surface area contributed by atoms with Crippen molar-refractivity contribution >= 4 is 49.8 Å². The third-order valence-corrected chi connectivity index (χ3v) is 11.5. The molecule has 0 bridgehead atoms. The van der Waals surface area contributed by atoms with Crippen LogP contribution in [0, 0.1) is 0 Å². The first kappa shape index (κ1) is 31.4. The molecule has 1 heterocycles. The van der Waals surface area contributed by atoms with Crippen molar-refractivity contribution in [1.29, 1.82) is 0 Å². The van der Waals surface area contributed by atoms with Gasteiger partial charge in [-0.2, -0.15) is 0 Å². The van der Waals surface area contributed by atoms with E-state index in [1.54, 1.807) is 0 Å². The second-order valence-corrected chi connectivity index (χ2v) is 14.4. The Labute approximate surface area is 320 Å². The second kappa shape index (κ2) is 12.5. The Morgan fingerprint density at radius 2 is 0.945 bits per heavy atom. The van der Waals surface area contributed by atoms with Crippen LogP contribution in [-0.2, 0) is 5.41 Å². The zero-order valence-corrected chi connectivity index (χ0v) is 30.1. The molecule has 55 heavy (non-hydrogen) atoms. The lowest BCUT2D eigenvalue weighted by molar-refractivity contribution is 0.670. The summed E-state index contributed by atoms with van der Waals surface area (Å²) in [6.45, 7) is 0. The van der Waals surface area contributed by atoms with Gasteiger partial charge in [0.15, 0.2) is 0 Å². The van der Waals surface area contributed by atoms with Gasteiger partial charge in [-0.1, -0.05) is 176 Å². The highest BCUT2D eigenvalue weighted by atomic mass is 16.3. The largest absolute Gasteiger partial charge is 0.455 e. The van der Waals surface area contributed by atoms with Gasteiger partial charge >= 0.3 is 0 Å². The average molecular weight is 702 g/mol. The van der Waals surface area contributed by atoms with E-state index >= 15 is 0 Å². The molecule has 1 aliphatic carbocycles. The number of hydrogen-bond acceptors (Lipinski definition) is 2. The maximum Gasteiger partial charge on any atom is 0.143 e. The molecule has 258 valence electrons. The highest BCUT2D eigenvalue weighted by molar-refractivity contribution is 6.24. The molecule has 2 heteroatoms. The first-order chi connectivity index (χ1) is 27.3. The Bertz CT molecular complexity index is 2970. The van der Waals surface area contributed by atoms with Gasteiger partial charge in [-0.3, -0.25) is 0 Å². The van der Waals surface area contributed by atoms with Gasteiger partial charge in [-0.15, -0.1) is 0 Å². The van der Waals surface area contributed by atoms with Crippen LogP contribution < -0.4 is 4.90 Å². The second-order valence-electron chi connectivity index (χ2n) is 14.4. The van der Waals surface area contributed by atoms with E-state index in [1.165, 1.54) is 33.4 Å². The van der Waals surface area contributed by atoms with Crippen molar-refractivity contribution in [2.75, 3.05) is 4.90 Å². The number of nitrogens with zero attached hydrogens (tertiary/aromatic N) is 1. The molecule has 9 aromatic carbocycles. The summed E-state index contributed by atoms with van der Waals surface area (Å²) in [4.78, 5) is 2.40. The summed E-state index contributed by atoms with van der Waals surface area (Å²) in [5.74, 6) is 0. The van der Waals surface area contributed by atoms with Crippen LogP contribution >= 0.6 is 0 Å². The third kappa shape index (κ3) is 4.68. The molecule has 0 spiro atoms. The highest BCUT2D eigenvalue weighted by Crippen LogP contribution is 2.56. The van der Waals surface area contributed by atoms with Gasteiger partial charge in [-0.25, -0.2) is 0 Å². The van der Waals surface area contributed by atoms with E-state index in [4.69, 9.17) is 4.42 Å². The molecule has 1 aromatic heterocycles. The van der Waals surface area contributed by atoms with Crippen molar-refractivity contribution in [3.63, 3.8) is 0 Å². The minimum absolute atomic E-state index is 0.456. The van der Waals surface area contributed by atoms with Crippen LogP contribution in [0.1, 0.15) is 22.3 Å². The summed E-state index contributed by atoms with van der Waals surface area (Å²) in [6, 6.07) is 76.8. The van der Waals surface area contributed by atoms with E-state index in [9.17, 15) is 0 Å². The van der Waals surface area contributed by atoms with Gasteiger partial charge in [0.05, 0.1) is 11.1 Å². The summed E-state index contributed by atoms with van der Waals surface area (Å²) in [6.07, 6.45) is 0. The fraction of sp³-hybridized carbons (Fsp3) is 0.0189. The molecule has 0 N–H and O–H groups in total. The average Bonchev–Trinajstić information content (AvgIpc) is 3.80. The minimum Gasteiger partial charge on any atom is -0.455 e. The molecule has 10 aromatic rings. The van der Waals surface area contributed by atoms with Crippen LogP contribution in [0.25, 0.3) is 55.0 Å². The molecule has 0 unspecified atom stereocenters. The van der Waals surface area contributed by atoms with Crippen LogP contribution in [0.4, 0.5) is 17.1 Å². The Hall–Kier alpha value is -7.16. The quantitative estimate of drug-likeness (QED) is 0.172. The Balaban J connectivity index is 1.14. The molecule has 0 saturated carbocycles. The lowest BCUT2D eigenvalue weighted by Crippen LogP contribution is -2.28. The van der Waals surface area contributed by atoms with Gasteiger partial charge in [0.2, 0.25) is 0 Å². The predicted octanol–water partition coefficient (Wildman–Crippen LogP) is 14.2. The van der Waals surface area contributed by atoms with Crippen molar-refractivity contribution in [3.05, 3.63) is 235 Å². The lowest BCUT2D eigenvalue weighted by Gasteiger charge is -2.34. The van der Waals surface area contributed by atoms with Crippen molar-refractivity contribution in [2.45, 2.75) is 5.41 Å². The molecule has 0 aliphatic heterocycles. The van der Waals surface area contributed by atoms with E-state index in [-0.39, 0.29) is 0 Å². The number of furan rings is 1. The maximum absolute atomic E-state index is 6.76. The fourth-order valence-electron chi connectivity index (χ4n) is 9.26. The van der Waals surface area contributed by atoms with Gasteiger partial charge in [0.25, 0.3) is 0 Å². The maximum atomic E-state index is 6.76. The van der Waals surface area contributed by atoms with E-state index in [1.807, 2.05) is 0 Å². The fourth-order valence-corrected chi connectivity index (χ4v) is 9.26. The number of fused-ring (bicyclic) bond motifs is 8. The molecule has 2 nitrogen and oxygen atoms in total. The summed E-state index contributed by atoms with van der Waals surface area (Å²) in [7, 11) is 0. The highest BCUT2D eigenvalue weighted by Gasteiger charge is 2.45. The first-order valence-electron chi connectivity index (χ1n) is 18.9. The van der Waals surface area contributed by atoms with E-state index in [0.717, 1.165) is 60.9 Å². The van der Waals surface area contributed by atoms with Crippen LogP contribution in [0.3, 0.4) is 0 Å². The van der Waals surface area contributed by atoms with Crippen molar-refractivity contribution in [3.8, 4) is 22.3 Å². The van der Waals surface area contributed by atoms with E-state index < -0.39 is 5.41 Å². The number of para-hydroxylation sites is 2. The van der Waals surface area contributed by atoms with E-state index in [2.05, 4.69) is 217 Å². The number of benzene rings is 9. The molecule has 0 atom stereocenters. The smallest absolute Gasteiger partial charge is 0.143 e. The summed E-state index contributed by atoms with van der Waals surface area (Å²) in [5, 5.41) is 4.57. The topological polar surface area (TPSA) is 16.4 Å². The van der Waals surface area contributed by atoms with Crippen molar-refractivity contribution < 1.29 is 4.42 Å². The molecule has 0 amide bonds. The van der Waals surface area contributed by atoms with Crippen LogP contribution in [-0.4, -0.2) is 0 Å². The number of anilines is 3. The molecule has 1 aliphatic rings. The lowest BCUT2D eigenvalue weighted by atomic mass is 9.68. The summed E-state index contributed by atoms with van der Waals surface area (Å²) in [5.41, 5.74) is 14.6. The molecule has 0 saturated heterocycles. The SMILES string of the molecule is c1ccc(-c2cccc3c2oc2ccc4cccc(N(c5ccccc5)c5ccc(C6(c7ccccc7)c7ccccc7-c7ccccc76)cc5)c4c23)cc1. The number of rotatable bonds is 6. The van der Waals surface area contributed by atoms with Gasteiger partial charge in [0, 0.05) is 33.1 Å². The standard InChI is InChI=1S/C53H35NO/c1-4-16-36(17-5-1)42-25-15-26-45-51-49(55-52(42)45)35-30-37-18-14-29-48(50(37)51)54(40-21-8-3-9-22-40)41-33-31-39(32-34-41)53(38-19-6-2-7-20-38)46-27-12-10-23-43(46)44-24-11-13-28-47(44)53/h1-35H. The van der Waals surface area contributed by atoms with Gasteiger partial charge in [0.1, 0.15) is 11.2 Å². The zero-order valence-electron chi connectivity index (χ0n) is 30.1. The van der Waals surface area contributed by atoms with Crippen LogP contribution in [0.15, 0.2) is 217 Å². The Kier molecular flexibility index (Phi) is 7.11. The molecular weight excluding hydrogens is 667 g/mol. The zero-order chi connectivity index (χ0) is 36.3. The van der Waals surface area contributed by atoms with Crippen LogP contribution in [0.5, 0.6) is 0 Å². The molecular formula is C53H35NO. The normalized spacial score (nSPS) is 12.9. The van der Waals surface area contributed by atoms with Gasteiger partial charge in [-0.05, 0) is 80.7 Å². The minimum atomic E-state index is -0.456. The Morgan fingerprint density at radius 1 is 0.382 bits per heavy atom. The molecule has 0 radical (unpaired) electrons. The van der Waals surface area contributed by atoms with Crippen molar-refractivity contribution in [2.24, 2.45) is 0 Å².